The van der Waals surface area contributed by atoms with Crippen LogP contribution in [0.25, 0.3) is 11.4 Å². The molecule has 3 aromatic rings. The highest BCUT2D eigenvalue weighted by molar-refractivity contribution is 7.99. The lowest BCUT2D eigenvalue weighted by atomic mass is 10.1. The second-order valence-electron chi connectivity index (χ2n) is 6.32. The number of rotatable bonds is 10. The van der Waals surface area contributed by atoms with E-state index in [2.05, 4.69) is 20.3 Å². The van der Waals surface area contributed by atoms with E-state index in [1.807, 2.05) is 12.1 Å². The number of ether oxygens (including phenoxy) is 2. The van der Waals surface area contributed by atoms with Crippen molar-refractivity contribution in [2.24, 2.45) is 0 Å². The summed E-state index contributed by atoms with van der Waals surface area (Å²) < 4.78 is 35.1. The average molecular weight is 449 g/mol. The molecule has 0 atom stereocenters. The molecule has 1 heterocycles. The first-order valence-electron chi connectivity index (χ1n) is 9.24. The lowest BCUT2D eigenvalue weighted by Gasteiger charge is -2.07. The van der Waals surface area contributed by atoms with Crippen LogP contribution in [-0.4, -0.2) is 46.8 Å². The molecule has 1 amide bonds. The van der Waals surface area contributed by atoms with E-state index in [0.29, 0.717) is 23.9 Å². The zero-order valence-corrected chi connectivity index (χ0v) is 17.4. The number of thioether (sulfide) groups is 1. The molecule has 0 fully saturated rings. The van der Waals surface area contributed by atoms with E-state index in [1.54, 1.807) is 31.4 Å². The van der Waals surface area contributed by atoms with Crippen LogP contribution < -0.4 is 20.6 Å². The molecular weight excluding hydrogens is 428 g/mol. The number of nitrogens with one attached hydrogen (secondary N) is 1. The van der Waals surface area contributed by atoms with E-state index < -0.39 is 6.61 Å². The van der Waals surface area contributed by atoms with Gasteiger partial charge in [-0.05, 0) is 48.4 Å². The van der Waals surface area contributed by atoms with Crippen LogP contribution in [0.4, 0.5) is 8.78 Å². The fourth-order valence-electron chi connectivity index (χ4n) is 2.68. The van der Waals surface area contributed by atoms with Crippen LogP contribution >= 0.6 is 11.8 Å². The number of nitrogens with two attached hydrogens (primary N) is 1. The minimum atomic E-state index is -2.85. The van der Waals surface area contributed by atoms with Crippen LogP contribution in [0.15, 0.2) is 53.7 Å². The van der Waals surface area contributed by atoms with Crippen LogP contribution in [0.5, 0.6) is 11.5 Å². The number of halogens is 2. The molecule has 2 aromatic carbocycles. The molecule has 0 unspecified atom stereocenters. The van der Waals surface area contributed by atoms with Gasteiger partial charge < -0.3 is 20.6 Å². The summed E-state index contributed by atoms with van der Waals surface area (Å²) in [7, 11) is 1.59. The molecular formula is C20H21F2N5O3S. The van der Waals surface area contributed by atoms with Crippen LogP contribution in [0, 0.1) is 0 Å². The van der Waals surface area contributed by atoms with Gasteiger partial charge >= 0.3 is 6.61 Å². The van der Waals surface area contributed by atoms with Crippen molar-refractivity contribution in [1.29, 1.82) is 0 Å². The molecule has 31 heavy (non-hydrogen) atoms. The summed E-state index contributed by atoms with van der Waals surface area (Å²) in [6.45, 7) is -2.45. The number of hydrogen-bond acceptors (Lipinski definition) is 7. The molecule has 0 aliphatic rings. The topological polar surface area (TPSA) is 104 Å². The van der Waals surface area contributed by atoms with Gasteiger partial charge in [0.05, 0.1) is 12.9 Å². The number of hydrogen-bond donors (Lipinski definition) is 2. The summed E-state index contributed by atoms with van der Waals surface area (Å²) in [5, 5.41) is 11.3. The number of nitrogens with zero attached hydrogens (tertiary/aromatic N) is 3. The summed E-state index contributed by atoms with van der Waals surface area (Å²) in [6, 6.07) is 13.5. The first-order valence-corrected chi connectivity index (χ1v) is 10.2. The Morgan fingerprint density at radius 1 is 1.13 bits per heavy atom. The predicted octanol–water partition coefficient (Wildman–Crippen LogP) is 2.72. The van der Waals surface area contributed by atoms with Crippen LogP contribution in [-0.2, 0) is 11.2 Å². The Morgan fingerprint density at radius 3 is 2.45 bits per heavy atom. The van der Waals surface area contributed by atoms with Crippen molar-refractivity contribution in [3.05, 3.63) is 54.1 Å². The minimum absolute atomic E-state index is 0.0964. The number of aromatic nitrogens is 3. The van der Waals surface area contributed by atoms with Crippen molar-refractivity contribution in [3.63, 3.8) is 0 Å². The number of benzene rings is 2. The van der Waals surface area contributed by atoms with E-state index in [9.17, 15) is 13.6 Å². The van der Waals surface area contributed by atoms with Gasteiger partial charge in [-0.1, -0.05) is 23.9 Å². The average Bonchev–Trinajstić information content (AvgIpc) is 3.13. The van der Waals surface area contributed by atoms with E-state index in [-0.39, 0.29) is 17.4 Å². The predicted molar refractivity (Wildman–Crippen MR) is 113 cm³/mol. The van der Waals surface area contributed by atoms with E-state index in [1.165, 1.54) is 28.6 Å². The second kappa shape index (κ2) is 10.6. The Bertz CT molecular complexity index is 997. The third-order valence-corrected chi connectivity index (χ3v) is 5.17. The maximum absolute atomic E-state index is 12.2. The highest BCUT2D eigenvalue weighted by Crippen LogP contribution is 2.23. The van der Waals surface area contributed by atoms with Crippen molar-refractivity contribution in [2.75, 3.05) is 25.3 Å². The van der Waals surface area contributed by atoms with E-state index >= 15 is 0 Å². The summed E-state index contributed by atoms with van der Waals surface area (Å²) in [6.07, 6.45) is 0.556. The lowest BCUT2D eigenvalue weighted by Crippen LogP contribution is -2.27. The summed E-state index contributed by atoms with van der Waals surface area (Å²) in [5.41, 5.74) is 1.66. The normalized spacial score (nSPS) is 10.8. The maximum atomic E-state index is 12.2. The summed E-state index contributed by atoms with van der Waals surface area (Å²) in [5.74, 6) is 7.29. The molecule has 0 saturated carbocycles. The maximum Gasteiger partial charge on any atom is 0.387 e. The Labute approximate surface area is 181 Å². The van der Waals surface area contributed by atoms with Crippen LogP contribution in [0.3, 0.4) is 0 Å². The molecule has 1 aromatic heterocycles. The first-order chi connectivity index (χ1) is 15.0. The minimum Gasteiger partial charge on any atom is -0.497 e. The third-order valence-electron chi connectivity index (χ3n) is 4.23. The molecule has 11 heteroatoms. The molecule has 0 radical (unpaired) electrons. The second-order valence-corrected chi connectivity index (χ2v) is 7.26. The van der Waals surface area contributed by atoms with Gasteiger partial charge in [0.1, 0.15) is 11.5 Å². The molecule has 8 nitrogen and oxygen atoms in total. The summed E-state index contributed by atoms with van der Waals surface area (Å²) in [4.78, 5) is 12.1. The van der Waals surface area contributed by atoms with Gasteiger partial charge in [0, 0.05) is 12.1 Å². The highest BCUT2D eigenvalue weighted by Gasteiger charge is 2.14. The molecule has 164 valence electrons. The number of amides is 1. The van der Waals surface area contributed by atoms with Gasteiger partial charge in [-0.3, -0.25) is 4.79 Å². The van der Waals surface area contributed by atoms with Crippen molar-refractivity contribution < 1.29 is 23.0 Å². The lowest BCUT2D eigenvalue weighted by molar-refractivity contribution is -0.118. The molecule has 0 bridgehead atoms. The van der Waals surface area contributed by atoms with Gasteiger partial charge in [-0.2, -0.15) is 8.78 Å². The Hall–Kier alpha value is -3.34. The molecule has 0 saturated heterocycles. The zero-order chi connectivity index (χ0) is 22.2. The third kappa shape index (κ3) is 6.32. The molecule has 3 N–H and O–H groups in total. The fraction of sp³-hybridized carbons (Fsp3) is 0.250. The smallest absolute Gasteiger partial charge is 0.387 e. The number of carbonyl (C=O) groups is 1. The van der Waals surface area contributed by atoms with Crippen molar-refractivity contribution in [2.45, 2.75) is 18.2 Å². The number of methoxy groups -OCH3 is 1. The van der Waals surface area contributed by atoms with Crippen LogP contribution in [0.2, 0.25) is 0 Å². The van der Waals surface area contributed by atoms with E-state index in [0.717, 1.165) is 16.9 Å². The summed E-state index contributed by atoms with van der Waals surface area (Å²) >= 11 is 1.17. The standard InChI is InChI=1S/C20H21F2N5O3S/c1-29-15-8-4-14(5-9-15)18-25-26-20(27(18)23)31-12-17(28)24-11-10-13-2-6-16(7-3-13)30-19(21)22/h2-9,19H,10-12,23H2,1H3,(H,24,28). The zero-order valence-electron chi connectivity index (χ0n) is 16.6. The van der Waals surface area contributed by atoms with E-state index in [4.69, 9.17) is 10.6 Å². The SMILES string of the molecule is COc1ccc(-c2nnc(SCC(=O)NCCc3ccc(OC(F)F)cc3)n2N)cc1. The van der Waals surface area contributed by atoms with Crippen molar-refractivity contribution in [1.82, 2.24) is 20.2 Å². The van der Waals surface area contributed by atoms with Gasteiger partial charge in [0.25, 0.3) is 0 Å². The molecule has 0 aliphatic heterocycles. The van der Waals surface area contributed by atoms with Gasteiger partial charge in [0.2, 0.25) is 11.1 Å². The van der Waals surface area contributed by atoms with Gasteiger partial charge in [0.15, 0.2) is 5.82 Å². The molecule has 0 aliphatic carbocycles. The quantitative estimate of drug-likeness (QED) is 0.362. The Balaban J connectivity index is 1.45. The monoisotopic (exact) mass is 449 g/mol. The Morgan fingerprint density at radius 2 is 1.81 bits per heavy atom. The molecule has 0 spiro atoms. The highest BCUT2D eigenvalue weighted by atomic mass is 32.2. The first kappa shape index (κ1) is 22.3. The molecule has 3 rings (SSSR count). The fourth-order valence-corrected chi connectivity index (χ4v) is 3.36. The number of carbonyl (C=O) groups excluding carboxylic acids is 1. The van der Waals surface area contributed by atoms with Crippen molar-refractivity contribution >= 4 is 17.7 Å². The van der Waals surface area contributed by atoms with Crippen LogP contribution in [0.1, 0.15) is 5.56 Å². The largest absolute Gasteiger partial charge is 0.497 e. The van der Waals surface area contributed by atoms with Gasteiger partial charge in [-0.15, -0.1) is 10.2 Å². The number of alkyl halides is 2. The van der Waals surface area contributed by atoms with Gasteiger partial charge in [-0.25, -0.2) is 4.68 Å². The Kier molecular flexibility index (Phi) is 7.65. The number of nitrogen functional groups attached to an aromatic ring is 1. The van der Waals surface area contributed by atoms with Crippen molar-refractivity contribution in [3.8, 4) is 22.9 Å².